The van der Waals surface area contributed by atoms with E-state index in [9.17, 15) is 0 Å². The molecule has 2 nitrogen and oxygen atoms in total. The van der Waals surface area contributed by atoms with E-state index < -0.39 is 0 Å². The molecule has 11 rings (SSSR count). The fourth-order valence-corrected chi connectivity index (χ4v) is 9.73. The second kappa shape index (κ2) is 10.9. The van der Waals surface area contributed by atoms with Crippen LogP contribution in [0.4, 0.5) is 17.1 Å². The monoisotopic (exact) mass is 683 g/mol. The van der Waals surface area contributed by atoms with Crippen molar-refractivity contribution in [1.29, 1.82) is 0 Å². The Morgan fingerprint density at radius 1 is 0.462 bits per heavy atom. The van der Waals surface area contributed by atoms with E-state index in [4.69, 9.17) is 4.42 Å². The molecular formula is C49H33NOS. The zero-order valence-corrected chi connectivity index (χ0v) is 29.7. The van der Waals surface area contributed by atoms with Gasteiger partial charge < -0.3 is 9.32 Å². The number of nitrogens with zero attached hydrogens (tertiary/aromatic N) is 1. The number of rotatable bonds is 4. The van der Waals surface area contributed by atoms with E-state index in [0.717, 1.165) is 44.4 Å². The summed E-state index contributed by atoms with van der Waals surface area (Å²) in [6.07, 6.45) is 0. The molecule has 0 radical (unpaired) electrons. The molecule has 1 aliphatic carbocycles. The van der Waals surface area contributed by atoms with Crippen LogP contribution in [0.1, 0.15) is 25.0 Å². The van der Waals surface area contributed by atoms with Crippen molar-refractivity contribution in [2.45, 2.75) is 19.3 Å². The SMILES string of the molecule is CC1(C)c2ccccc2-c2cc(N(c3ccc(-c4ccc5c(ccc6c7ccccc7oc56)c4)cc3)c3ccc4sc5ccccc5c4c3)ccc21. The number of hydrogen-bond acceptors (Lipinski definition) is 3. The molecule has 0 fully saturated rings. The molecule has 0 unspecified atom stereocenters. The van der Waals surface area contributed by atoms with E-state index in [1.54, 1.807) is 0 Å². The summed E-state index contributed by atoms with van der Waals surface area (Å²) in [6, 6.07) is 60.1. The summed E-state index contributed by atoms with van der Waals surface area (Å²) in [7, 11) is 0. The van der Waals surface area contributed by atoms with Crippen LogP contribution in [0.3, 0.4) is 0 Å². The van der Waals surface area contributed by atoms with Crippen LogP contribution in [0.5, 0.6) is 0 Å². The van der Waals surface area contributed by atoms with Gasteiger partial charge >= 0.3 is 0 Å². The van der Waals surface area contributed by atoms with Crippen molar-refractivity contribution in [1.82, 2.24) is 0 Å². The van der Waals surface area contributed by atoms with Crippen LogP contribution in [-0.4, -0.2) is 0 Å². The highest BCUT2D eigenvalue weighted by molar-refractivity contribution is 7.25. The number of furan rings is 1. The first-order valence-corrected chi connectivity index (χ1v) is 18.7. The Morgan fingerprint density at radius 2 is 1.13 bits per heavy atom. The lowest BCUT2D eigenvalue weighted by Crippen LogP contribution is -2.15. The highest BCUT2D eigenvalue weighted by atomic mass is 32.1. The van der Waals surface area contributed by atoms with Gasteiger partial charge in [0.1, 0.15) is 11.2 Å². The molecule has 52 heavy (non-hydrogen) atoms. The van der Waals surface area contributed by atoms with Crippen LogP contribution in [-0.2, 0) is 5.41 Å². The van der Waals surface area contributed by atoms with Crippen molar-refractivity contribution >= 4 is 81.3 Å². The van der Waals surface area contributed by atoms with E-state index in [1.807, 2.05) is 23.5 Å². The molecular weight excluding hydrogens is 651 g/mol. The van der Waals surface area contributed by atoms with Gasteiger partial charge in [-0.15, -0.1) is 11.3 Å². The average molecular weight is 684 g/mol. The largest absolute Gasteiger partial charge is 0.455 e. The minimum atomic E-state index is -0.0402. The molecule has 3 heteroatoms. The summed E-state index contributed by atoms with van der Waals surface area (Å²) in [5, 5.41) is 7.23. The maximum atomic E-state index is 6.34. The van der Waals surface area contributed by atoms with Crippen LogP contribution in [0.2, 0.25) is 0 Å². The van der Waals surface area contributed by atoms with Gasteiger partial charge in [0.15, 0.2) is 0 Å². The van der Waals surface area contributed by atoms with Crippen molar-refractivity contribution in [2.75, 3.05) is 4.90 Å². The number of thiophene rings is 1. The van der Waals surface area contributed by atoms with Crippen molar-refractivity contribution in [3.63, 3.8) is 0 Å². The molecule has 246 valence electrons. The molecule has 1 aliphatic rings. The van der Waals surface area contributed by atoms with Gasteiger partial charge in [-0.25, -0.2) is 0 Å². The highest BCUT2D eigenvalue weighted by Gasteiger charge is 2.35. The summed E-state index contributed by atoms with van der Waals surface area (Å²) < 4.78 is 8.96. The Labute approximate surface area is 305 Å². The fourth-order valence-electron chi connectivity index (χ4n) is 8.64. The smallest absolute Gasteiger partial charge is 0.143 e. The molecule has 0 saturated heterocycles. The zero-order valence-electron chi connectivity index (χ0n) is 28.9. The molecule has 0 aliphatic heterocycles. The molecule has 0 N–H and O–H groups in total. The van der Waals surface area contributed by atoms with Crippen molar-refractivity contribution < 1.29 is 4.42 Å². The molecule has 2 aromatic heterocycles. The predicted molar refractivity (Wildman–Crippen MR) is 222 cm³/mol. The summed E-state index contributed by atoms with van der Waals surface area (Å²) in [4.78, 5) is 2.42. The Morgan fingerprint density at radius 3 is 2.04 bits per heavy atom. The van der Waals surface area contributed by atoms with Gasteiger partial charge in [-0.2, -0.15) is 0 Å². The summed E-state index contributed by atoms with van der Waals surface area (Å²) >= 11 is 1.86. The Balaban J connectivity index is 1.04. The second-order valence-corrected chi connectivity index (χ2v) is 15.6. The molecule has 0 saturated carbocycles. The third-order valence-corrected chi connectivity index (χ3v) is 12.4. The topological polar surface area (TPSA) is 16.4 Å². The van der Waals surface area contributed by atoms with Gasteiger partial charge in [-0.3, -0.25) is 0 Å². The number of fused-ring (bicyclic) bond motifs is 11. The van der Waals surface area contributed by atoms with Gasteiger partial charge in [0.25, 0.3) is 0 Å². The molecule has 8 aromatic carbocycles. The lowest BCUT2D eigenvalue weighted by atomic mass is 9.82. The lowest BCUT2D eigenvalue weighted by Gasteiger charge is -2.27. The quantitative estimate of drug-likeness (QED) is 0.184. The summed E-state index contributed by atoms with van der Waals surface area (Å²) in [6.45, 7) is 4.69. The maximum Gasteiger partial charge on any atom is 0.143 e. The minimum absolute atomic E-state index is 0.0402. The third kappa shape index (κ3) is 4.30. The predicted octanol–water partition coefficient (Wildman–Crippen LogP) is 14.6. The number of anilines is 3. The van der Waals surface area contributed by atoms with Crippen molar-refractivity contribution in [3.8, 4) is 22.3 Å². The second-order valence-electron chi connectivity index (χ2n) is 14.5. The molecule has 10 aromatic rings. The minimum Gasteiger partial charge on any atom is -0.455 e. The van der Waals surface area contributed by atoms with E-state index in [2.05, 4.69) is 170 Å². The lowest BCUT2D eigenvalue weighted by molar-refractivity contribution is 0.660. The van der Waals surface area contributed by atoms with Crippen LogP contribution < -0.4 is 4.90 Å². The zero-order chi connectivity index (χ0) is 34.6. The fraction of sp³-hybridized carbons (Fsp3) is 0.0612. The van der Waals surface area contributed by atoms with Crippen molar-refractivity contribution in [3.05, 3.63) is 175 Å². The van der Waals surface area contributed by atoms with Gasteiger partial charge in [0.05, 0.1) is 0 Å². The van der Waals surface area contributed by atoms with Gasteiger partial charge in [-0.1, -0.05) is 105 Å². The maximum absolute atomic E-state index is 6.34. The van der Waals surface area contributed by atoms with E-state index in [0.29, 0.717) is 0 Å². The van der Waals surface area contributed by atoms with Crippen LogP contribution in [0.15, 0.2) is 168 Å². The Kier molecular flexibility index (Phi) is 6.21. The molecule has 0 bridgehead atoms. The number of benzene rings is 8. The van der Waals surface area contributed by atoms with E-state index >= 15 is 0 Å². The van der Waals surface area contributed by atoms with Crippen LogP contribution >= 0.6 is 11.3 Å². The first-order valence-electron chi connectivity index (χ1n) is 17.9. The van der Waals surface area contributed by atoms with Crippen LogP contribution in [0.25, 0.3) is 75.1 Å². The molecule has 0 spiro atoms. The average Bonchev–Trinajstić information content (AvgIpc) is 3.83. The normalized spacial score (nSPS) is 13.3. The van der Waals surface area contributed by atoms with E-state index in [-0.39, 0.29) is 5.41 Å². The molecule has 2 heterocycles. The van der Waals surface area contributed by atoms with Gasteiger partial charge in [-0.05, 0) is 112 Å². The Hall–Kier alpha value is -6.16. The number of para-hydroxylation sites is 1. The first kappa shape index (κ1) is 29.6. The van der Waals surface area contributed by atoms with Crippen LogP contribution in [0, 0.1) is 0 Å². The highest BCUT2D eigenvalue weighted by Crippen LogP contribution is 2.51. The van der Waals surface area contributed by atoms with Gasteiger partial charge in [0, 0.05) is 58.8 Å². The van der Waals surface area contributed by atoms with Gasteiger partial charge in [0.2, 0.25) is 0 Å². The van der Waals surface area contributed by atoms with Crippen molar-refractivity contribution in [2.24, 2.45) is 0 Å². The first-order chi connectivity index (χ1) is 25.5. The third-order valence-electron chi connectivity index (χ3n) is 11.3. The standard InChI is InChI=1S/C49H33NOS/c1-49(2)43-12-6-3-9-37(43)41-28-34(21-25-44(41)49)50(35-22-26-47-42(29-35)39-11-5-8-14-46(39)52-47)33-19-15-30(16-20-33)31-17-23-36-32(27-31)18-24-40-38-10-4-7-13-45(38)51-48(36)40/h3-29H,1-2H3. The number of hydrogen-bond donors (Lipinski definition) is 0. The summed E-state index contributed by atoms with van der Waals surface area (Å²) in [5.74, 6) is 0. The van der Waals surface area contributed by atoms with E-state index in [1.165, 1.54) is 58.9 Å². The molecule has 0 atom stereocenters. The molecule has 0 amide bonds. The summed E-state index contributed by atoms with van der Waals surface area (Å²) in [5.41, 5.74) is 13.0. The Bertz CT molecular complexity index is 3050.